The van der Waals surface area contributed by atoms with Crippen LogP contribution in [0.5, 0.6) is 0 Å². The fraction of sp³-hybridized carbons (Fsp3) is 0.846. The van der Waals surface area contributed by atoms with Crippen molar-refractivity contribution in [3.63, 3.8) is 0 Å². The summed E-state index contributed by atoms with van der Waals surface area (Å²) in [5.41, 5.74) is 0. The van der Waals surface area contributed by atoms with Crippen LogP contribution in [0.4, 0.5) is 0 Å². The number of alkyl halides is 1. The van der Waals surface area contributed by atoms with Gasteiger partial charge in [0.2, 0.25) is 0 Å². The lowest BCUT2D eigenvalue weighted by atomic mass is 9.82. The van der Waals surface area contributed by atoms with Crippen LogP contribution in [0, 0.1) is 5.92 Å². The molecule has 0 saturated carbocycles. The van der Waals surface area contributed by atoms with Crippen LogP contribution in [0.1, 0.15) is 46.0 Å². The van der Waals surface area contributed by atoms with Crippen LogP contribution in [0.3, 0.4) is 0 Å². The highest BCUT2D eigenvalue weighted by Crippen LogP contribution is 2.34. The molecule has 0 aromatic rings. The third kappa shape index (κ3) is 3.62. The van der Waals surface area contributed by atoms with Gasteiger partial charge < -0.3 is 5.32 Å². The molecule has 1 saturated heterocycles. The standard InChI is InChI=1S/C13H22BrNO2/c1-3-11(16)13(14,12(17)4-2)9-10-5-7-15-8-6-10/h10,15H,3-9H2,1-2H3. The predicted octanol–water partition coefficient (Wildman–Crippen LogP) is 2.47. The van der Waals surface area contributed by atoms with Crippen molar-refractivity contribution in [3.05, 3.63) is 0 Å². The molecule has 0 amide bonds. The first-order valence-electron chi connectivity index (χ1n) is 6.50. The molecule has 0 spiro atoms. The van der Waals surface area contributed by atoms with E-state index in [0.29, 0.717) is 25.2 Å². The summed E-state index contributed by atoms with van der Waals surface area (Å²) in [6, 6.07) is 0. The van der Waals surface area contributed by atoms with Gasteiger partial charge in [0.05, 0.1) is 0 Å². The molecule has 0 atom stereocenters. The molecular weight excluding hydrogens is 282 g/mol. The maximum absolute atomic E-state index is 12.0. The van der Waals surface area contributed by atoms with Crippen LogP contribution in [-0.2, 0) is 9.59 Å². The zero-order valence-corrected chi connectivity index (χ0v) is 12.3. The zero-order chi connectivity index (χ0) is 12.9. The van der Waals surface area contributed by atoms with Gasteiger partial charge in [-0.1, -0.05) is 29.8 Å². The summed E-state index contributed by atoms with van der Waals surface area (Å²) in [6.07, 6.45) is 3.61. The molecule has 1 N–H and O–H groups in total. The second-order valence-corrected chi connectivity index (χ2v) is 6.11. The van der Waals surface area contributed by atoms with Gasteiger partial charge >= 0.3 is 0 Å². The third-order valence-electron chi connectivity index (χ3n) is 3.55. The largest absolute Gasteiger partial charge is 0.317 e. The quantitative estimate of drug-likeness (QED) is 0.606. The van der Waals surface area contributed by atoms with Gasteiger partial charge in [-0.15, -0.1) is 0 Å². The number of hydrogen-bond acceptors (Lipinski definition) is 3. The first-order valence-corrected chi connectivity index (χ1v) is 7.30. The number of carbonyl (C=O) groups excluding carboxylic acids is 2. The molecule has 1 heterocycles. The first-order chi connectivity index (χ1) is 8.04. The monoisotopic (exact) mass is 303 g/mol. The lowest BCUT2D eigenvalue weighted by Crippen LogP contribution is -2.43. The van der Waals surface area contributed by atoms with E-state index in [1.807, 2.05) is 13.8 Å². The van der Waals surface area contributed by atoms with Crippen LogP contribution in [-0.4, -0.2) is 29.0 Å². The molecule has 0 aliphatic carbocycles. The fourth-order valence-corrected chi connectivity index (χ4v) is 3.45. The Morgan fingerprint density at radius 2 is 1.65 bits per heavy atom. The van der Waals surface area contributed by atoms with Crippen LogP contribution >= 0.6 is 15.9 Å². The van der Waals surface area contributed by atoms with E-state index in [9.17, 15) is 9.59 Å². The summed E-state index contributed by atoms with van der Waals surface area (Å²) in [5, 5.41) is 3.30. The number of halogens is 1. The molecule has 1 aliphatic rings. The summed E-state index contributed by atoms with van der Waals surface area (Å²) in [6.45, 7) is 5.64. The number of nitrogens with one attached hydrogen (secondary N) is 1. The Morgan fingerprint density at radius 1 is 1.18 bits per heavy atom. The molecule has 0 unspecified atom stereocenters. The summed E-state index contributed by atoms with van der Waals surface area (Å²) >= 11 is 3.45. The van der Waals surface area contributed by atoms with Crippen LogP contribution in [0.2, 0.25) is 0 Å². The molecular formula is C13H22BrNO2. The fourth-order valence-electron chi connectivity index (χ4n) is 2.43. The average molecular weight is 304 g/mol. The minimum atomic E-state index is -0.918. The Bertz CT molecular complexity index is 269. The molecule has 17 heavy (non-hydrogen) atoms. The maximum Gasteiger partial charge on any atom is 0.156 e. The van der Waals surface area contributed by atoms with Crippen LogP contribution in [0.15, 0.2) is 0 Å². The second kappa shape index (κ2) is 6.64. The predicted molar refractivity (Wildman–Crippen MR) is 72.5 cm³/mol. The first kappa shape index (κ1) is 14.8. The SMILES string of the molecule is CCC(=O)C(Br)(CC1CCNCC1)C(=O)CC. The van der Waals surface area contributed by atoms with E-state index >= 15 is 0 Å². The van der Waals surface area contributed by atoms with Crippen molar-refractivity contribution in [2.24, 2.45) is 5.92 Å². The molecule has 1 aliphatic heterocycles. The Kier molecular flexibility index (Phi) is 5.80. The maximum atomic E-state index is 12.0. The number of ketones is 2. The summed E-state index contributed by atoms with van der Waals surface area (Å²) in [5.74, 6) is 0.535. The number of hydrogen-bond donors (Lipinski definition) is 1. The Hall–Kier alpha value is -0.220. The number of Topliss-reactive ketones (excluding diaryl/α,β-unsaturated/α-hetero) is 2. The van der Waals surface area contributed by atoms with E-state index in [1.165, 1.54) is 0 Å². The van der Waals surface area contributed by atoms with Crippen molar-refractivity contribution in [3.8, 4) is 0 Å². The highest BCUT2D eigenvalue weighted by Gasteiger charge is 2.42. The number of piperidine rings is 1. The van der Waals surface area contributed by atoms with Crippen molar-refractivity contribution in [1.29, 1.82) is 0 Å². The number of carbonyl (C=O) groups is 2. The lowest BCUT2D eigenvalue weighted by Gasteiger charge is -2.31. The highest BCUT2D eigenvalue weighted by molar-refractivity contribution is 9.10. The van der Waals surface area contributed by atoms with Crippen molar-refractivity contribution in [2.45, 2.75) is 50.3 Å². The van der Waals surface area contributed by atoms with Gasteiger partial charge in [-0.05, 0) is 38.3 Å². The van der Waals surface area contributed by atoms with Crippen LogP contribution in [0.25, 0.3) is 0 Å². The van der Waals surface area contributed by atoms with Crippen molar-refractivity contribution < 1.29 is 9.59 Å². The van der Waals surface area contributed by atoms with Crippen molar-refractivity contribution in [1.82, 2.24) is 5.32 Å². The molecule has 0 bridgehead atoms. The molecule has 0 radical (unpaired) electrons. The van der Waals surface area contributed by atoms with Gasteiger partial charge in [-0.3, -0.25) is 9.59 Å². The summed E-state index contributed by atoms with van der Waals surface area (Å²) in [4.78, 5) is 24.0. The summed E-state index contributed by atoms with van der Waals surface area (Å²) in [7, 11) is 0. The summed E-state index contributed by atoms with van der Waals surface area (Å²) < 4.78 is -0.918. The van der Waals surface area contributed by atoms with E-state index in [4.69, 9.17) is 0 Å². The molecule has 3 nitrogen and oxygen atoms in total. The highest BCUT2D eigenvalue weighted by atomic mass is 79.9. The zero-order valence-electron chi connectivity index (χ0n) is 10.7. The smallest absolute Gasteiger partial charge is 0.156 e. The molecule has 0 aromatic heterocycles. The Morgan fingerprint density at radius 3 is 2.06 bits per heavy atom. The van der Waals surface area contributed by atoms with Crippen molar-refractivity contribution >= 4 is 27.5 Å². The van der Waals surface area contributed by atoms with Gasteiger partial charge in [0.15, 0.2) is 11.6 Å². The van der Waals surface area contributed by atoms with Gasteiger partial charge in [0, 0.05) is 12.8 Å². The van der Waals surface area contributed by atoms with Gasteiger partial charge in [-0.25, -0.2) is 0 Å². The minimum absolute atomic E-state index is 0.0304. The topological polar surface area (TPSA) is 46.2 Å². The second-order valence-electron chi connectivity index (χ2n) is 4.75. The Balaban J connectivity index is 2.75. The van der Waals surface area contributed by atoms with Gasteiger partial charge in [0.1, 0.15) is 4.32 Å². The Labute approximate surface area is 112 Å². The third-order valence-corrected chi connectivity index (χ3v) is 4.76. The minimum Gasteiger partial charge on any atom is -0.317 e. The van der Waals surface area contributed by atoms with E-state index in [0.717, 1.165) is 25.9 Å². The molecule has 98 valence electrons. The normalized spacial score (nSPS) is 18.1. The van der Waals surface area contributed by atoms with E-state index in [1.54, 1.807) is 0 Å². The number of rotatable bonds is 6. The van der Waals surface area contributed by atoms with E-state index in [-0.39, 0.29) is 11.6 Å². The molecule has 0 aromatic carbocycles. The van der Waals surface area contributed by atoms with E-state index in [2.05, 4.69) is 21.2 Å². The van der Waals surface area contributed by atoms with Crippen LogP contribution < -0.4 is 5.32 Å². The lowest BCUT2D eigenvalue weighted by molar-refractivity contribution is -0.130. The molecule has 1 rings (SSSR count). The molecule has 1 fully saturated rings. The van der Waals surface area contributed by atoms with E-state index < -0.39 is 4.32 Å². The van der Waals surface area contributed by atoms with Gasteiger partial charge in [0.25, 0.3) is 0 Å². The van der Waals surface area contributed by atoms with Gasteiger partial charge in [-0.2, -0.15) is 0 Å². The molecule has 4 heteroatoms. The van der Waals surface area contributed by atoms with Crippen molar-refractivity contribution in [2.75, 3.05) is 13.1 Å². The average Bonchev–Trinajstić information content (AvgIpc) is 2.37.